The lowest BCUT2D eigenvalue weighted by Gasteiger charge is -2.25. The number of nitrogens with one attached hydrogen (secondary N) is 1. The highest BCUT2D eigenvalue weighted by atomic mass is 32.2. The number of nitrogens with zero attached hydrogens (tertiary/aromatic N) is 2. The number of aryl methyl sites for hydroxylation is 1. The first-order valence-electron chi connectivity index (χ1n) is 11.7. The highest BCUT2D eigenvalue weighted by Crippen LogP contribution is 2.27. The number of unbranched alkanes of at least 4 members (excludes halogenated alkanes) is 1. The van der Waals surface area contributed by atoms with E-state index < -0.39 is 22.5 Å². The minimum atomic E-state index is -3.97. The van der Waals surface area contributed by atoms with E-state index in [4.69, 9.17) is 4.74 Å². The van der Waals surface area contributed by atoms with Crippen molar-refractivity contribution in [2.45, 2.75) is 38.0 Å². The molecular formula is C27H31N3O4S. The lowest BCUT2D eigenvalue weighted by atomic mass is 10.1. The second-order valence-corrected chi connectivity index (χ2v) is 9.73. The van der Waals surface area contributed by atoms with Crippen LogP contribution in [0.4, 0.5) is 5.69 Å². The van der Waals surface area contributed by atoms with Crippen molar-refractivity contribution in [2.75, 3.05) is 17.5 Å². The third-order valence-electron chi connectivity index (χ3n) is 5.31. The standard InChI is InChI=1S/C27H31N3O4S/c1-3-5-19-34-24-17-15-22(16-18-24)20-28-29-27(31)21-30(26-14-10-9-11-23(26)4-2)35(32,33)25-12-7-6-8-13-25/h6-18,20H,3-5,19,21H2,1-2H3,(H,29,31)/b28-20-. The number of anilines is 1. The molecule has 7 nitrogen and oxygen atoms in total. The molecule has 3 aromatic carbocycles. The Morgan fingerprint density at radius 3 is 2.34 bits per heavy atom. The van der Waals surface area contributed by atoms with E-state index in [2.05, 4.69) is 17.5 Å². The Kier molecular flexibility index (Phi) is 9.43. The number of hydrogen-bond donors (Lipinski definition) is 1. The van der Waals surface area contributed by atoms with Crippen LogP contribution in [-0.4, -0.2) is 33.7 Å². The monoisotopic (exact) mass is 493 g/mol. The fraction of sp³-hybridized carbons (Fsp3) is 0.259. The van der Waals surface area contributed by atoms with Crippen LogP contribution in [0.3, 0.4) is 0 Å². The summed E-state index contributed by atoms with van der Waals surface area (Å²) < 4.78 is 33.7. The van der Waals surface area contributed by atoms with Gasteiger partial charge in [0.05, 0.1) is 23.4 Å². The van der Waals surface area contributed by atoms with Crippen molar-refractivity contribution in [3.8, 4) is 5.75 Å². The predicted octanol–water partition coefficient (Wildman–Crippen LogP) is 4.77. The van der Waals surface area contributed by atoms with Crippen LogP contribution in [0.1, 0.15) is 37.8 Å². The van der Waals surface area contributed by atoms with Gasteiger partial charge in [-0.3, -0.25) is 9.10 Å². The zero-order valence-electron chi connectivity index (χ0n) is 20.1. The lowest BCUT2D eigenvalue weighted by molar-refractivity contribution is -0.119. The van der Waals surface area contributed by atoms with Crippen LogP contribution in [0.25, 0.3) is 0 Å². The molecule has 1 amide bonds. The van der Waals surface area contributed by atoms with E-state index in [1.165, 1.54) is 18.3 Å². The van der Waals surface area contributed by atoms with Crippen LogP contribution in [-0.2, 0) is 21.2 Å². The number of rotatable bonds is 12. The van der Waals surface area contributed by atoms with Crippen molar-refractivity contribution in [1.82, 2.24) is 5.43 Å². The highest BCUT2D eigenvalue weighted by Gasteiger charge is 2.28. The number of para-hydroxylation sites is 1. The van der Waals surface area contributed by atoms with Crippen LogP contribution in [0.5, 0.6) is 5.75 Å². The van der Waals surface area contributed by atoms with E-state index in [0.29, 0.717) is 18.7 Å². The van der Waals surface area contributed by atoms with Gasteiger partial charge in [-0.05, 0) is 66.4 Å². The largest absolute Gasteiger partial charge is 0.494 e. The van der Waals surface area contributed by atoms with Crippen molar-refractivity contribution < 1.29 is 17.9 Å². The summed E-state index contributed by atoms with van der Waals surface area (Å²) in [5.41, 5.74) is 4.51. The molecule has 0 aliphatic rings. The molecule has 0 radical (unpaired) electrons. The molecule has 3 rings (SSSR count). The highest BCUT2D eigenvalue weighted by molar-refractivity contribution is 7.92. The number of carbonyl (C=O) groups is 1. The maximum absolute atomic E-state index is 13.5. The number of hydrazone groups is 1. The summed E-state index contributed by atoms with van der Waals surface area (Å²) in [5, 5.41) is 4.00. The summed E-state index contributed by atoms with van der Waals surface area (Å²) in [7, 11) is -3.97. The van der Waals surface area contributed by atoms with Crippen LogP contribution in [0.15, 0.2) is 88.9 Å². The average Bonchev–Trinajstić information content (AvgIpc) is 2.89. The van der Waals surface area contributed by atoms with Crippen molar-refractivity contribution in [3.63, 3.8) is 0 Å². The number of amides is 1. The molecule has 0 heterocycles. The van der Waals surface area contributed by atoms with Crippen molar-refractivity contribution in [2.24, 2.45) is 5.10 Å². The van der Waals surface area contributed by atoms with E-state index in [1.807, 2.05) is 43.3 Å². The summed E-state index contributed by atoms with van der Waals surface area (Å²) >= 11 is 0. The molecule has 0 saturated carbocycles. The molecule has 35 heavy (non-hydrogen) atoms. The number of sulfonamides is 1. The topological polar surface area (TPSA) is 88.1 Å². The fourth-order valence-electron chi connectivity index (χ4n) is 3.40. The SMILES string of the molecule is CCCCOc1ccc(/C=N\NC(=O)CN(c2ccccc2CC)S(=O)(=O)c2ccccc2)cc1. The van der Waals surface area contributed by atoms with Gasteiger partial charge in [0.15, 0.2) is 0 Å². The maximum atomic E-state index is 13.5. The molecule has 184 valence electrons. The van der Waals surface area contributed by atoms with Gasteiger partial charge in [0.1, 0.15) is 12.3 Å². The van der Waals surface area contributed by atoms with Gasteiger partial charge in [-0.25, -0.2) is 13.8 Å². The quantitative estimate of drug-likeness (QED) is 0.224. The van der Waals surface area contributed by atoms with Gasteiger partial charge in [0.2, 0.25) is 0 Å². The van der Waals surface area contributed by atoms with Gasteiger partial charge in [0, 0.05) is 0 Å². The Bertz CT molecular complexity index is 1230. The molecule has 0 atom stereocenters. The zero-order chi connectivity index (χ0) is 25.1. The second-order valence-electron chi connectivity index (χ2n) is 7.87. The zero-order valence-corrected chi connectivity index (χ0v) is 20.9. The Hall–Kier alpha value is -3.65. The van der Waals surface area contributed by atoms with Crippen molar-refractivity contribution in [3.05, 3.63) is 90.0 Å². The van der Waals surface area contributed by atoms with Gasteiger partial charge < -0.3 is 4.74 Å². The number of hydrogen-bond acceptors (Lipinski definition) is 5. The van der Waals surface area contributed by atoms with Crippen LogP contribution >= 0.6 is 0 Å². The molecular weight excluding hydrogens is 462 g/mol. The summed E-state index contributed by atoms with van der Waals surface area (Å²) in [6.45, 7) is 4.31. The summed E-state index contributed by atoms with van der Waals surface area (Å²) in [6.07, 6.45) is 4.19. The summed E-state index contributed by atoms with van der Waals surface area (Å²) in [5.74, 6) is 0.224. The maximum Gasteiger partial charge on any atom is 0.264 e. The smallest absolute Gasteiger partial charge is 0.264 e. The van der Waals surface area contributed by atoms with E-state index in [0.717, 1.165) is 34.0 Å². The first-order valence-corrected chi connectivity index (χ1v) is 13.1. The number of ether oxygens (including phenoxy) is 1. The van der Waals surface area contributed by atoms with E-state index in [-0.39, 0.29) is 4.90 Å². The van der Waals surface area contributed by atoms with E-state index in [1.54, 1.807) is 30.3 Å². The fourth-order valence-corrected chi connectivity index (χ4v) is 4.88. The normalized spacial score (nSPS) is 11.4. The predicted molar refractivity (Wildman–Crippen MR) is 139 cm³/mol. The Morgan fingerprint density at radius 2 is 1.66 bits per heavy atom. The summed E-state index contributed by atoms with van der Waals surface area (Å²) in [6, 6.07) is 22.6. The molecule has 0 fully saturated rings. The van der Waals surface area contributed by atoms with Crippen molar-refractivity contribution in [1.29, 1.82) is 0 Å². The number of benzene rings is 3. The molecule has 3 aromatic rings. The Morgan fingerprint density at radius 1 is 0.971 bits per heavy atom. The van der Waals surface area contributed by atoms with E-state index >= 15 is 0 Å². The molecule has 0 bridgehead atoms. The first kappa shape index (κ1) is 26.0. The summed E-state index contributed by atoms with van der Waals surface area (Å²) in [4.78, 5) is 12.9. The third kappa shape index (κ3) is 7.16. The van der Waals surface area contributed by atoms with Gasteiger partial charge >= 0.3 is 0 Å². The average molecular weight is 494 g/mol. The van der Waals surface area contributed by atoms with E-state index in [9.17, 15) is 13.2 Å². The Labute approximate surface area is 207 Å². The molecule has 0 aliphatic carbocycles. The third-order valence-corrected chi connectivity index (χ3v) is 7.08. The van der Waals surface area contributed by atoms with Gasteiger partial charge in [0.25, 0.3) is 15.9 Å². The first-order chi connectivity index (χ1) is 17.0. The minimum absolute atomic E-state index is 0.114. The molecule has 0 saturated heterocycles. The minimum Gasteiger partial charge on any atom is -0.494 e. The second kappa shape index (κ2) is 12.7. The lowest BCUT2D eigenvalue weighted by Crippen LogP contribution is -2.40. The van der Waals surface area contributed by atoms with Crippen LogP contribution in [0.2, 0.25) is 0 Å². The Balaban J connectivity index is 1.74. The van der Waals surface area contributed by atoms with Gasteiger partial charge in [-0.15, -0.1) is 0 Å². The van der Waals surface area contributed by atoms with Crippen LogP contribution in [0, 0.1) is 0 Å². The molecule has 8 heteroatoms. The van der Waals surface area contributed by atoms with Gasteiger partial charge in [-0.2, -0.15) is 5.10 Å². The molecule has 0 unspecified atom stereocenters. The van der Waals surface area contributed by atoms with Crippen LogP contribution < -0.4 is 14.5 Å². The van der Waals surface area contributed by atoms with Gasteiger partial charge in [-0.1, -0.05) is 56.7 Å². The molecule has 0 spiro atoms. The van der Waals surface area contributed by atoms with Crippen molar-refractivity contribution >= 4 is 27.8 Å². The number of carbonyl (C=O) groups excluding carboxylic acids is 1. The molecule has 0 aliphatic heterocycles. The molecule has 1 N–H and O–H groups in total. The molecule has 0 aromatic heterocycles.